The monoisotopic (exact) mass is 419 g/mol. The van der Waals surface area contributed by atoms with Crippen LogP contribution in [0.15, 0.2) is 61.1 Å². The molecule has 1 aliphatic heterocycles. The second-order valence-electron chi connectivity index (χ2n) is 7.64. The maximum atomic E-state index is 11.2. The zero-order valence-electron chi connectivity index (χ0n) is 17.3. The van der Waals surface area contributed by atoms with E-state index < -0.39 is 0 Å². The van der Waals surface area contributed by atoms with Gasteiger partial charge < -0.3 is 9.84 Å². The topological polar surface area (TPSA) is 93.4 Å². The molecule has 4 rings (SSSR count). The van der Waals surface area contributed by atoms with Crippen LogP contribution < -0.4 is 0 Å². The van der Waals surface area contributed by atoms with Crippen LogP contribution in [0.25, 0.3) is 17.3 Å². The number of carbonyl (C=O) groups excluding carboxylic acids is 1. The van der Waals surface area contributed by atoms with E-state index in [1.54, 1.807) is 18.5 Å². The first kappa shape index (κ1) is 20.9. The molecule has 0 amide bonds. The minimum atomic E-state index is -0.377. The van der Waals surface area contributed by atoms with E-state index >= 15 is 0 Å². The highest BCUT2D eigenvalue weighted by Crippen LogP contribution is 2.23. The Morgan fingerprint density at radius 1 is 1.29 bits per heavy atom. The van der Waals surface area contributed by atoms with Gasteiger partial charge in [-0.15, -0.1) is 5.10 Å². The fourth-order valence-electron chi connectivity index (χ4n) is 3.79. The van der Waals surface area contributed by atoms with Crippen molar-refractivity contribution >= 4 is 12.0 Å². The number of methoxy groups -OCH3 is 1. The van der Waals surface area contributed by atoms with Gasteiger partial charge in [0, 0.05) is 43.2 Å². The molecule has 3 aromatic rings. The van der Waals surface area contributed by atoms with Crippen LogP contribution in [0, 0.1) is 0 Å². The molecule has 2 aromatic heterocycles. The lowest BCUT2D eigenvalue weighted by Gasteiger charge is -2.24. The van der Waals surface area contributed by atoms with Gasteiger partial charge >= 0.3 is 5.97 Å². The first-order valence-corrected chi connectivity index (χ1v) is 10.2. The molecule has 0 radical (unpaired) electrons. The number of pyridine rings is 1. The fourth-order valence-corrected chi connectivity index (χ4v) is 3.79. The number of nitrogens with zero attached hydrogens (tertiary/aromatic N) is 5. The quantitative estimate of drug-likeness (QED) is 0.463. The maximum Gasteiger partial charge on any atom is 0.330 e. The van der Waals surface area contributed by atoms with Crippen LogP contribution in [-0.4, -0.2) is 61.8 Å². The van der Waals surface area contributed by atoms with Gasteiger partial charge in [-0.05, 0) is 35.8 Å². The summed E-state index contributed by atoms with van der Waals surface area (Å²) in [6, 6.07) is 12.0. The van der Waals surface area contributed by atoms with Gasteiger partial charge in [0.15, 0.2) is 0 Å². The van der Waals surface area contributed by atoms with Crippen LogP contribution in [0.3, 0.4) is 0 Å². The zero-order valence-corrected chi connectivity index (χ0v) is 17.3. The van der Waals surface area contributed by atoms with Crippen molar-refractivity contribution in [1.82, 2.24) is 24.9 Å². The molecule has 1 N–H and O–H groups in total. The number of esters is 1. The molecule has 0 saturated carbocycles. The molecule has 1 aliphatic rings. The van der Waals surface area contributed by atoms with E-state index in [1.165, 1.54) is 13.2 Å². The average Bonchev–Trinajstić information content (AvgIpc) is 3.40. The third-order valence-corrected chi connectivity index (χ3v) is 5.38. The van der Waals surface area contributed by atoms with Crippen molar-refractivity contribution in [2.24, 2.45) is 0 Å². The number of aromatic nitrogens is 4. The number of hydrogen-bond acceptors (Lipinski definition) is 7. The summed E-state index contributed by atoms with van der Waals surface area (Å²) in [6.45, 7) is 2.01. The molecule has 0 unspecified atom stereocenters. The standard InChI is InChI=1S/C23H25N5O3/c1-31-23(30)9-8-17-4-6-18(7-5-17)13-27-15-21(29)11-20(27)14-28-16-22(25-26-28)19-3-2-10-24-12-19/h2-10,12,16,20-21,29H,11,13-15H2,1H3/b9-8+/t20-,21-/m1/s1. The molecule has 0 bridgehead atoms. The SMILES string of the molecule is COC(=O)/C=C/c1ccc(CN2C[C@H](O)C[C@@H]2Cn2cc(-c3cccnc3)nn2)cc1. The molecular weight excluding hydrogens is 394 g/mol. The van der Waals surface area contributed by atoms with Gasteiger partial charge in [-0.1, -0.05) is 29.5 Å². The molecule has 8 heteroatoms. The number of likely N-dealkylation sites (tertiary alicyclic amines) is 1. The third kappa shape index (κ3) is 5.42. The van der Waals surface area contributed by atoms with Crippen LogP contribution in [0.5, 0.6) is 0 Å². The summed E-state index contributed by atoms with van der Waals surface area (Å²) < 4.78 is 6.44. The Kier molecular flexibility index (Phi) is 6.49. The number of carbonyl (C=O) groups is 1. The third-order valence-electron chi connectivity index (χ3n) is 5.38. The molecule has 31 heavy (non-hydrogen) atoms. The summed E-state index contributed by atoms with van der Waals surface area (Å²) in [5, 5.41) is 18.8. The maximum absolute atomic E-state index is 11.2. The minimum absolute atomic E-state index is 0.164. The smallest absolute Gasteiger partial charge is 0.330 e. The summed E-state index contributed by atoms with van der Waals surface area (Å²) in [5.41, 5.74) is 3.79. The van der Waals surface area contributed by atoms with E-state index in [9.17, 15) is 9.90 Å². The van der Waals surface area contributed by atoms with E-state index in [0.717, 1.165) is 28.9 Å². The zero-order chi connectivity index (χ0) is 21.6. The van der Waals surface area contributed by atoms with Crippen LogP contribution >= 0.6 is 0 Å². The summed E-state index contributed by atoms with van der Waals surface area (Å²) in [5.74, 6) is -0.377. The van der Waals surface area contributed by atoms with Crippen LogP contribution in [0.2, 0.25) is 0 Å². The molecule has 1 fully saturated rings. The largest absolute Gasteiger partial charge is 0.466 e. The number of aliphatic hydroxyl groups is 1. The highest BCUT2D eigenvalue weighted by Gasteiger charge is 2.31. The Labute approximate surface area is 180 Å². The number of ether oxygens (including phenoxy) is 1. The van der Waals surface area contributed by atoms with Gasteiger partial charge in [0.1, 0.15) is 5.69 Å². The Morgan fingerprint density at radius 3 is 2.87 bits per heavy atom. The van der Waals surface area contributed by atoms with Crippen LogP contribution in [0.1, 0.15) is 17.5 Å². The molecular formula is C23H25N5O3. The lowest BCUT2D eigenvalue weighted by molar-refractivity contribution is -0.134. The van der Waals surface area contributed by atoms with Gasteiger partial charge in [0.2, 0.25) is 0 Å². The molecule has 0 spiro atoms. The normalized spacial score (nSPS) is 19.2. The van der Waals surface area contributed by atoms with Crippen molar-refractivity contribution in [3.05, 3.63) is 72.2 Å². The van der Waals surface area contributed by atoms with E-state index in [0.29, 0.717) is 19.5 Å². The summed E-state index contributed by atoms with van der Waals surface area (Å²) >= 11 is 0. The van der Waals surface area contributed by atoms with E-state index in [1.807, 2.05) is 47.3 Å². The number of benzene rings is 1. The Hall–Kier alpha value is -3.36. The molecule has 8 nitrogen and oxygen atoms in total. The van der Waals surface area contributed by atoms with Crippen LogP contribution in [-0.2, 0) is 22.6 Å². The van der Waals surface area contributed by atoms with Crippen LogP contribution in [0.4, 0.5) is 0 Å². The molecule has 1 saturated heterocycles. The predicted molar refractivity (Wildman–Crippen MR) is 116 cm³/mol. The first-order valence-electron chi connectivity index (χ1n) is 10.2. The Morgan fingerprint density at radius 2 is 2.13 bits per heavy atom. The van der Waals surface area contributed by atoms with Gasteiger partial charge in [0.05, 0.1) is 26.0 Å². The van der Waals surface area contributed by atoms with Crippen molar-refractivity contribution in [2.75, 3.05) is 13.7 Å². The van der Waals surface area contributed by atoms with Crippen molar-refractivity contribution in [2.45, 2.75) is 31.7 Å². The second kappa shape index (κ2) is 9.63. The van der Waals surface area contributed by atoms with Gasteiger partial charge in [-0.3, -0.25) is 14.6 Å². The summed E-state index contributed by atoms with van der Waals surface area (Å²) in [6.07, 6.45) is 8.89. The predicted octanol–water partition coefficient (Wildman–Crippen LogP) is 2.16. The summed E-state index contributed by atoms with van der Waals surface area (Å²) in [7, 11) is 1.36. The van der Waals surface area contributed by atoms with Crippen molar-refractivity contribution in [3.8, 4) is 11.3 Å². The lowest BCUT2D eigenvalue weighted by Crippen LogP contribution is -2.32. The van der Waals surface area contributed by atoms with Crippen molar-refractivity contribution < 1.29 is 14.6 Å². The lowest BCUT2D eigenvalue weighted by atomic mass is 10.1. The van der Waals surface area contributed by atoms with E-state index in [4.69, 9.17) is 0 Å². The van der Waals surface area contributed by atoms with Gasteiger partial charge in [-0.2, -0.15) is 0 Å². The Balaban J connectivity index is 1.40. The highest BCUT2D eigenvalue weighted by atomic mass is 16.5. The minimum Gasteiger partial charge on any atom is -0.466 e. The number of aliphatic hydroxyl groups excluding tert-OH is 1. The van der Waals surface area contributed by atoms with Crippen molar-refractivity contribution in [1.29, 1.82) is 0 Å². The van der Waals surface area contributed by atoms with E-state index in [-0.39, 0.29) is 18.1 Å². The Bertz CT molecular complexity index is 1030. The van der Waals surface area contributed by atoms with E-state index in [2.05, 4.69) is 24.9 Å². The fraction of sp³-hybridized carbons (Fsp3) is 0.304. The van der Waals surface area contributed by atoms with Gasteiger partial charge in [0.25, 0.3) is 0 Å². The molecule has 1 aromatic carbocycles. The number of β-amino-alcohol motifs (C(OH)–C–C–N with tert-alkyl or cyclic N) is 1. The van der Waals surface area contributed by atoms with Gasteiger partial charge in [-0.25, -0.2) is 4.79 Å². The second-order valence-corrected chi connectivity index (χ2v) is 7.64. The molecule has 3 heterocycles. The average molecular weight is 419 g/mol. The highest BCUT2D eigenvalue weighted by molar-refractivity contribution is 5.86. The van der Waals surface area contributed by atoms with Crippen molar-refractivity contribution in [3.63, 3.8) is 0 Å². The number of hydrogen-bond donors (Lipinski definition) is 1. The molecule has 160 valence electrons. The number of rotatable bonds is 7. The molecule has 2 atom stereocenters. The molecule has 0 aliphatic carbocycles. The summed E-state index contributed by atoms with van der Waals surface area (Å²) in [4.78, 5) is 17.6. The first-order chi connectivity index (χ1) is 15.1.